The molecule has 5 heteroatoms. The van der Waals surface area contributed by atoms with Crippen LogP contribution in [0.1, 0.15) is 40.0 Å². The van der Waals surface area contributed by atoms with Crippen LogP contribution in [0.5, 0.6) is 0 Å². The van der Waals surface area contributed by atoms with Gasteiger partial charge in [0.25, 0.3) is 0 Å². The zero-order chi connectivity index (χ0) is 13.6. The van der Waals surface area contributed by atoms with Crippen LogP contribution < -0.4 is 5.32 Å². The largest absolute Gasteiger partial charge is 0.377 e. The summed E-state index contributed by atoms with van der Waals surface area (Å²) >= 11 is 0. The number of rotatable bonds is 8. The Balaban J connectivity index is 2.40. The van der Waals surface area contributed by atoms with Crippen LogP contribution in [0, 0.1) is 5.92 Å². The Morgan fingerprint density at radius 1 is 1.39 bits per heavy atom. The van der Waals surface area contributed by atoms with Crippen molar-refractivity contribution >= 4 is 9.84 Å². The highest BCUT2D eigenvalue weighted by Crippen LogP contribution is 2.23. The number of hydrogen-bond donors (Lipinski definition) is 1. The summed E-state index contributed by atoms with van der Waals surface area (Å²) in [5, 5.41) is 3.46. The SMILES string of the molecule is CCCNC(COC(C)C)CC1CCS(=O)(=O)C1. The molecule has 4 nitrogen and oxygen atoms in total. The van der Waals surface area contributed by atoms with Crippen molar-refractivity contribution < 1.29 is 13.2 Å². The van der Waals surface area contributed by atoms with Gasteiger partial charge in [0.15, 0.2) is 9.84 Å². The molecule has 2 atom stereocenters. The van der Waals surface area contributed by atoms with Gasteiger partial charge in [-0.15, -0.1) is 0 Å². The Morgan fingerprint density at radius 2 is 2.11 bits per heavy atom. The molecule has 1 aliphatic heterocycles. The summed E-state index contributed by atoms with van der Waals surface area (Å²) in [6, 6.07) is 0.283. The lowest BCUT2D eigenvalue weighted by Crippen LogP contribution is -2.37. The number of ether oxygens (including phenoxy) is 1. The molecule has 0 amide bonds. The van der Waals surface area contributed by atoms with Crippen LogP contribution in [-0.4, -0.2) is 45.2 Å². The molecule has 1 rings (SSSR count). The van der Waals surface area contributed by atoms with Crippen molar-refractivity contribution in [3.63, 3.8) is 0 Å². The average Bonchev–Trinajstić information content (AvgIpc) is 2.62. The van der Waals surface area contributed by atoms with E-state index in [1.54, 1.807) is 0 Å². The van der Waals surface area contributed by atoms with Crippen molar-refractivity contribution in [2.24, 2.45) is 5.92 Å². The molecule has 0 aliphatic carbocycles. The normalized spacial score (nSPS) is 24.6. The van der Waals surface area contributed by atoms with Crippen molar-refractivity contribution in [3.8, 4) is 0 Å². The highest BCUT2D eigenvalue weighted by Gasteiger charge is 2.29. The minimum absolute atomic E-state index is 0.225. The van der Waals surface area contributed by atoms with E-state index in [1.807, 2.05) is 13.8 Å². The van der Waals surface area contributed by atoms with Gasteiger partial charge in [-0.05, 0) is 45.6 Å². The molecular weight excluding hydrogens is 250 g/mol. The van der Waals surface area contributed by atoms with E-state index < -0.39 is 9.84 Å². The van der Waals surface area contributed by atoms with Gasteiger partial charge in [0.2, 0.25) is 0 Å². The molecule has 0 spiro atoms. The zero-order valence-electron chi connectivity index (χ0n) is 11.8. The van der Waals surface area contributed by atoms with Gasteiger partial charge in [0, 0.05) is 6.04 Å². The maximum absolute atomic E-state index is 11.5. The van der Waals surface area contributed by atoms with Gasteiger partial charge in [0.1, 0.15) is 0 Å². The first-order valence-electron chi connectivity index (χ1n) is 6.98. The van der Waals surface area contributed by atoms with E-state index in [0.717, 1.165) is 25.8 Å². The van der Waals surface area contributed by atoms with Gasteiger partial charge in [-0.25, -0.2) is 8.42 Å². The molecule has 1 aliphatic rings. The summed E-state index contributed by atoms with van der Waals surface area (Å²) < 4.78 is 28.6. The lowest BCUT2D eigenvalue weighted by molar-refractivity contribution is 0.0567. The summed E-state index contributed by atoms with van der Waals surface area (Å²) in [5.74, 6) is 1.03. The lowest BCUT2D eigenvalue weighted by Gasteiger charge is -2.22. The molecule has 1 saturated heterocycles. The molecule has 18 heavy (non-hydrogen) atoms. The standard InChI is InChI=1S/C13H27NO3S/c1-4-6-14-13(9-17-11(2)3)8-12-5-7-18(15,16)10-12/h11-14H,4-10H2,1-3H3. The molecule has 2 unspecified atom stereocenters. The van der Waals surface area contributed by atoms with Crippen LogP contribution in [0.2, 0.25) is 0 Å². The highest BCUT2D eigenvalue weighted by atomic mass is 32.2. The molecule has 1 N–H and O–H groups in total. The predicted octanol–water partition coefficient (Wildman–Crippen LogP) is 1.60. The minimum atomic E-state index is -2.76. The fourth-order valence-electron chi connectivity index (χ4n) is 2.33. The van der Waals surface area contributed by atoms with Crippen LogP contribution in [0.25, 0.3) is 0 Å². The fourth-order valence-corrected chi connectivity index (χ4v) is 4.21. The van der Waals surface area contributed by atoms with E-state index in [1.165, 1.54) is 0 Å². The molecule has 108 valence electrons. The maximum atomic E-state index is 11.5. The third-order valence-corrected chi connectivity index (χ3v) is 5.10. The topological polar surface area (TPSA) is 55.4 Å². The van der Waals surface area contributed by atoms with Gasteiger partial charge >= 0.3 is 0 Å². The van der Waals surface area contributed by atoms with Gasteiger partial charge < -0.3 is 10.1 Å². The summed E-state index contributed by atoms with van der Waals surface area (Å²) in [4.78, 5) is 0. The summed E-state index contributed by atoms with van der Waals surface area (Å²) in [7, 11) is -2.76. The van der Waals surface area contributed by atoms with Crippen molar-refractivity contribution in [2.75, 3.05) is 24.7 Å². The van der Waals surface area contributed by atoms with Crippen LogP contribution >= 0.6 is 0 Å². The van der Waals surface area contributed by atoms with Gasteiger partial charge in [-0.3, -0.25) is 0 Å². The van der Waals surface area contributed by atoms with Crippen LogP contribution in [-0.2, 0) is 14.6 Å². The second-order valence-corrected chi connectivity index (χ2v) is 7.77. The van der Waals surface area contributed by atoms with Crippen molar-refractivity contribution in [1.29, 1.82) is 0 Å². The molecule has 1 heterocycles. The summed E-state index contributed by atoms with van der Waals surface area (Å²) in [6.45, 7) is 7.82. The Hall–Kier alpha value is -0.130. The van der Waals surface area contributed by atoms with Crippen molar-refractivity contribution in [2.45, 2.75) is 52.2 Å². The van der Waals surface area contributed by atoms with Crippen molar-refractivity contribution in [1.82, 2.24) is 5.32 Å². The molecule has 0 aromatic rings. The van der Waals surface area contributed by atoms with E-state index in [4.69, 9.17) is 4.74 Å². The average molecular weight is 277 g/mol. The summed E-state index contributed by atoms with van der Waals surface area (Å²) in [6.07, 6.45) is 3.03. The zero-order valence-corrected chi connectivity index (χ0v) is 12.6. The van der Waals surface area contributed by atoms with E-state index in [2.05, 4.69) is 12.2 Å². The second-order valence-electron chi connectivity index (χ2n) is 5.54. The Morgan fingerprint density at radius 3 is 2.61 bits per heavy atom. The number of hydrogen-bond acceptors (Lipinski definition) is 4. The molecule has 1 fully saturated rings. The molecule has 0 aromatic heterocycles. The van der Waals surface area contributed by atoms with Crippen LogP contribution in [0.4, 0.5) is 0 Å². The van der Waals surface area contributed by atoms with E-state index in [-0.39, 0.29) is 12.1 Å². The quantitative estimate of drug-likeness (QED) is 0.732. The smallest absolute Gasteiger partial charge is 0.150 e. The lowest BCUT2D eigenvalue weighted by atomic mass is 9.99. The first-order chi connectivity index (χ1) is 8.43. The highest BCUT2D eigenvalue weighted by molar-refractivity contribution is 7.91. The molecular formula is C13H27NO3S. The molecule has 0 aromatic carbocycles. The van der Waals surface area contributed by atoms with Crippen LogP contribution in [0.15, 0.2) is 0 Å². The predicted molar refractivity (Wildman–Crippen MR) is 74.5 cm³/mol. The third-order valence-electron chi connectivity index (χ3n) is 3.26. The molecule has 0 saturated carbocycles. The van der Waals surface area contributed by atoms with Gasteiger partial charge in [0.05, 0.1) is 24.2 Å². The van der Waals surface area contributed by atoms with Gasteiger partial charge in [-0.1, -0.05) is 6.92 Å². The van der Waals surface area contributed by atoms with Gasteiger partial charge in [-0.2, -0.15) is 0 Å². The third kappa shape index (κ3) is 6.16. The van der Waals surface area contributed by atoms with Crippen molar-refractivity contribution in [3.05, 3.63) is 0 Å². The minimum Gasteiger partial charge on any atom is -0.377 e. The molecule has 0 radical (unpaired) electrons. The van der Waals surface area contributed by atoms with E-state index in [0.29, 0.717) is 24.0 Å². The Labute approximate surface area is 111 Å². The van der Waals surface area contributed by atoms with Crippen LogP contribution in [0.3, 0.4) is 0 Å². The second kappa shape index (κ2) is 7.46. The first kappa shape index (κ1) is 15.9. The number of nitrogens with one attached hydrogen (secondary N) is 1. The monoisotopic (exact) mass is 277 g/mol. The maximum Gasteiger partial charge on any atom is 0.150 e. The fraction of sp³-hybridized carbons (Fsp3) is 1.00. The van der Waals surface area contributed by atoms with E-state index in [9.17, 15) is 8.42 Å². The molecule has 0 bridgehead atoms. The summed E-state index contributed by atoms with van der Waals surface area (Å²) in [5.41, 5.74) is 0. The Bertz CT molecular complexity index is 327. The Kier molecular flexibility index (Phi) is 6.60. The van der Waals surface area contributed by atoms with E-state index >= 15 is 0 Å². The number of sulfone groups is 1. The first-order valence-corrected chi connectivity index (χ1v) is 8.80.